The van der Waals surface area contributed by atoms with Crippen molar-refractivity contribution in [1.29, 1.82) is 0 Å². The summed E-state index contributed by atoms with van der Waals surface area (Å²) in [6.45, 7) is 0. The van der Waals surface area contributed by atoms with Gasteiger partial charge in [0.05, 0.1) is 0 Å². The Morgan fingerprint density at radius 2 is 0.667 bits per heavy atom. The van der Waals surface area contributed by atoms with Crippen LogP contribution in [0, 0.1) is 65.3 Å². The molecule has 7 aromatic carbocycles. The average molecular weight is 1050 g/mol. The summed E-state index contributed by atoms with van der Waals surface area (Å²) < 4.78 is 215. The first-order valence-corrected chi connectivity index (χ1v) is 24.8. The Kier molecular flexibility index (Phi) is 13.0. The fraction of sp³-hybridized carbons (Fsp3) is 0. The zero-order chi connectivity index (χ0) is 45.4. The summed E-state index contributed by atoms with van der Waals surface area (Å²) in [6.07, 6.45) is 0. The van der Waals surface area contributed by atoms with E-state index in [9.17, 15) is 52.0 Å². The molecular formula is C42H23F10IO7S3. The Balaban J connectivity index is 1.24. The molecule has 0 heterocycles. The Hall–Kier alpha value is -5.46. The van der Waals surface area contributed by atoms with Crippen LogP contribution in [0.3, 0.4) is 0 Å². The zero-order valence-corrected chi connectivity index (χ0v) is 35.6. The van der Waals surface area contributed by atoms with E-state index >= 15 is 8.78 Å². The Labute approximate surface area is 361 Å². The van der Waals surface area contributed by atoms with Gasteiger partial charge < -0.3 is 0 Å². The molecule has 0 fully saturated rings. The fourth-order valence-electron chi connectivity index (χ4n) is 5.82. The number of benzene rings is 7. The van der Waals surface area contributed by atoms with Gasteiger partial charge in [0.25, 0.3) is 0 Å². The molecule has 0 radical (unpaired) electrons. The first kappa shape index (κ1) is 45.6. The molecule has 0 N–H and O–H groups in total. The quantitative estimate of drug-likeness (QED) is 0.0491. The van der Waals surface area contributed by atoms with E-state index < -0.39 is 119 Å². The Bertz CT molecular complexity index is 2970. The summed E-state index contributed by atoms with van der Waals surface area (Å²) in [5.74, 6) is -25.4. The molecule has 7 nitrogen and oxygen atoms in total. The second-order valence-corrected chi connectivity index (χ2v) is 23.4. The zero-order valence-electron chi connectivity index (χ0n) is 31.0. The van der Waals surface area contributed by atoms with Gasteiger partial charge in [-0.3, -0.25) is 0 Å². The van der Waals surface area contributed by atoms with Crippen molar-refractivity contribution < 1.29 is 71.6 Å². The Morgan fingerprint density at radius 3 is 1.08 bits per heavy atom. The first-order chi connectivity index (χ1) is 29.9. The molecule has 0 aliphatic carbocycles. The molecule has 7 rings (SSSR count). The van der Waals surface area contributed by atoms with Gasteiger partial charge in [0.1, 0.15) is 0 Å². The van der Waals surface area contributed by atoms with Crippen molar-refractivity contribution in [3.63, 3.8) is 0 Å². The summed E-state index contributed by atoms with van der Waals surface area (Å²) in [4.78, 5) is -4.08. The summed E-state index contributed by atoms with van der Waals surface area (Å²) in [7, 11) is -15.1. The van der Waals surface area contributed by atoms with Crippen molar-refractivity contribution in [2.75, 3.05) is 0 Å². The van der Waals surface area contributed by atoms with E-state index in [0.717, 1.165) is 0 Å². The standard InChI is InChI=1S/C42H23F10IO7S3/c43-31-33(45)37(49)41(38(50)34(31)46)62(54,55)59-53(24-10-4-1-5-11-24)25-16-18-26(19-17-25)58-27-20-22-30(23-21-27)61(28-12-6-2-7-13-28,29-14-8-3-9-15-29)60-63(56,57)42-39(51)35(47)32(44)36(48)40(42)52/h1-23H. The number of rotatable bonds is 13. The molecule has 0 unspecified atom stereocenters. The maximum atomic E-state index is 15.0. The van der Waals surface area contributed by atoms with E-state index in [1.54, 1.807) is 18.2 Å². The van der Waals surface area contributed by atoms with Crippen LogP contribution < -0.4 is 4.74 Å². The third-order valence-corrected chi connectivity index (χ3v) is 21.2. The normalized spacial score (nSPS) is 12.6. The molecule has 0 aromatic heterocycles. The molecule has 0 saturated heterocycles. The van der Waals surface area contributed by atoms with Crippen LogP contribution in [0.4, 0.5) is 43.9 Å². The molecule has 7 aromatic rings. The van der Waals surface area contributed by atoms with Gasteiger partial charge in [0.2, 0.25) is 5.82 Å². The van der Waals surface area contributed by atoms with E-state index in [-0.39, 0.29) is 33.3 Å². The van der Waals surface area contributed by atoms with Crippen LogP contribution in [0.5, 0.6) is 11.5 Å². The molecule has 0 bridgehead atoms. The van der Waals surface area contributed by atoms with E-state index in [0.29, 0.717) is 0 Å². The van der Waals surface area contributed by atoms with Crippen molar-refractivity contribution in [1.82, 2.24) is 0 Å². The van der Waals surface area contributed by atoms with E-state index in [4.69, 9.17) is 10.9 Å². The maximum absolute atomic E-state index is 15.0. The SMILES string of the molecule is O=S(=O)(OI(c1ccccc1)c1ccc(Oc2ccc(S(OS(=O)(=O)c3c(F)c(F)c(F)c(F)c3F)(c3ccccc3)c3ccccc3)cc2)cc1)c1c(F)c(F)c(F)c(F)c1F. The predicted octanol–water partition coefficient (Wildman–Crippen LogP) is 12.3. The minimum atomic E-state index is -5.83. The Morgan fingerprint density at radius 1 is 0.349 bits per heavy atom. The van der Waals surface area contributed by atoms with Gasteiger partial charge in [0, 0.05) is 0 Å². The van der Waals surface area contributed by atoms with Crippen molar-refractivity contribution in [3.8, 4) is 11.5 Å². The summed E-state index contributed by atoms with van der Waals surface area (Å²) >= 11 is -3.80. The third-order valence-electron chi connectivity index (χ3n) is 8.66. The van der Waals surface area contributed by atoms with Crippen LogP contribution in [0.15, 0.2) is 164 Å². The van der Waals surface area contributed by atoms with Gasteiger partial charge in [-0.1, -0.05) is 36.4 Å². The second kappa shape index (κ2) is 18.0. The number of hydrogen-bond donors (Lipinski definition) is 0. The van der Waals surface area contributed by atoms with Gasteiger partial charge in [-0.15, -0.1) is 0 Å². The fourth-order valence-corrected chi connectivity index (χ4v) is 18.1. The van der Waals surface area contributed by atoms with Crippen molar-refractivity contribution >= 4 is 50.8 Å². The number of hydrogen-bond acceptors (Lipinski definition) is 7. The van der Waals surface area contributed by atoms with E-state index in [1.165, 1.54) is 121 Å². The summed E-state index contributed by atoms with van der Waals surface area (Å²) in [5, 5.41) is 0. The first-order valence-electron chi connectivity index (χ1n) is 17.4. The molecule has 21 heteroatoms. The van der Waals surface area contributed by atoms with E-state index in [1.807, 2.05) is 0 Å². The van der Waals surface area contributed by atoms with Crippen LogP contribution in [0.25, 0.3) is 0 Å². The summed E-state index contributed by atoms with van der Waals surface area (Å²) in [5.41, 5.74) is 0. The number of ether oxygens (including phenoxy) is 1. The topological polar surface area (TPSA) is 96.0 Å². The second-order valence-electron chi connectivity index (χ2n) is 12.6. The van der Waals surface area contributed by atoms with Gasteiger partial charge >= 0.3 is 262 Å². The molecule has 0 aliphatic heterocycles. The molecule has 0 spiro atoms. The van der Waals surface area contributed by atoms with Crippen LogP contribution in [0.1, 0.15) is 0 Å². The predicted molar refractivity (Wildman–Crippen MR) is 215 cm³/mol. The van der Waals surface area contributed by atoms with Gasteiger partial charge in [0.15, 0.2) is 28.2 Å². The molecule has 0 atom stereocenters. The monoisotopic (exact) mass is 1050 g/mol. The molecule has 0 amide bonds. The third kappa shape index (κ3) is 8.64. The number of halogens is 11. The van der Waals surface area contributed by atoms with E-state index in [2.05, 4.69) is 0 Å². The average Bonchev–Trinajstić information content (AvgIpc) is 3.28. The molecular weight excluding hydrogens is 1030 g/mol. The van der Waals surface area contributed by atoms with Crippen LogP contribution >= 0.6 is 30.5 Å². The molecule has 0 aliphatic rings. The van der Waals surface area contributed by atoms with Crippen LogP contribution in [0.2, 0.25) is 0 Å². The van der Waals surface area contributed by atoms with Crippen molar-refractivity contribution in [2.24, 2.45) is 0 Å². The molecule has 0 saturated carbocycles. The van der Waals surface area contributed by atoms with Crippen LogP contribution in [-0.2, 0) is 26.4 Å². The minimum absolute atomic E-state index is 0.0414. The van der Waals surface area contributed by atoms with Crippen LogP contribution in [-0.4, -0.2) is 16.8 Å². The van der Waals surface area contributed by atoms with Gasteiger partial charge in [-0.05, 0) is 0 Å². The molecule has 63 heavy (non-hydrogen) atoms. The van der Waals surface area contributed by atoms with Crippen molar-refractivity contribution in [3.05, 3.63) is 205 Å². The van der Waals surface area contributed by atoms with Crippen molar-refractivity contribution in [2.45, 2.75) is 24.5 Å². The summed E-state index contributed by atoms with van der Waals surface area (Å²) in [6, 6.07) is 33.1. The van der Waals surface area contributed by atoms with Gasteiger partial charge in [-0.2, -0.15) is 8.42 Å². The molecule has 328 valence electrons. The van der Waals surface area contributed by atoms with Gasteiger partial charge in [-0.25, -0.2) is 22.0 Å².